The van der Waals surface area contributed by atoms with Gasteiger partial charge in [0.25, 0.3) is 0 Å². The zero-order valence-corrected chi connectivity index (χ0v) is 12.1. The molecule has 12 nitrogen and oxygen atoms in total. The highest BCUT2D eigenvalue weighted by Gasteiger charge is 2.51. The second-order valence-corrected chi connectivity index (χ2v) is 5.49. The van der Waals surface area contributed by atoms with Crippen LogP contribution >= 0.6 is 0 Å². The van der Waals surface area contributed by atoms with E-state index in [0.29, 0.717) is 0 Å². The van der Waals surface area contributed by atoms with Gasteiger partial charge in [-0.3, -0.25) is 9.59 Å². The van der Waals surface area contributed by atoms with E-state index >= 15 is 0 Å². The third kappa shape index (κ3) is 4.17. The molecule has 0 aliphatic heterocycles. The van der Waals surface area contributed by atoms with E-state index in [1.807, 2.05) is 0 Å². The molecule has 1 rings (SSSR count). The van der Waals surface area contributed by atoms with Crippen LogP contribution in [0.5, 0.6) is 0 Å². The van der Waals surface area contributed by atoms with Crippen molar-refractivity contribution in [2.45, 2.75) is 55.1 Å². The van der Waals surface area contributed by atoms with Crippen LogP contribution in [-0.2, 0) is 19.1 Å². The molecule has 0 radical (unpaired) electrons. The minimum absolute atomic E-state index is 1.32. The number of aliphatic hydroxyl groups is 6. The average molecular weight is 354 g/mol. The van der Waals surface area contributed by atoms with Gasteiger partial charge in [-0.05, 0) is 0 Å². The number of ether oxygens (including phenoxy) is 1. The molecular formula is C12H18O12. The molecule has 0 spiro atoms. The number of carbonyl (C=O) groups excluding carboxylic acids is 1. The molecule has 1 fully saturated rings. The summed E-state index contributed by atoms with van der Waals surface area (Å²) in [4.78, 5) is 33.2. The minimum atomic E-state index is -3.00. The molecule has 1 aliphatic carbocycles. The Kier molecular flexibility index (Phi) is 6.21. The zero-order valence-electron chi connectivity index (χ0n) is 12.1. The van der Waals surface area contributed by atoms with Gasteiger partial charge in [0.05, 0.1) is 12.8 Å². The summed E-state index contributed by atoms with van der Waals surface area (Å²) < 4.78 is 4.55. The highest BCUT2D eigenvalue weighted by atomic mass is 16.6. The maximum atomic E-state index is 11.7. The molecule has 7 atom stereocenters. The molecule has 0 heterocycles. The Morgan fingerprint density at radius 2 is 1.21 bits per heavy atom. The summed E-state index contributed by atoms with van der Waals surface area (Å²) in [5.41, 5.74) is -3.00. The van der Waals surface area contributed by atoms with Crippen molar-refractivity contribution in [3.63, 3.8) is 0 Å². The number of hydrogen-bond donors (Lipinski definition) is 8. The van der Waals surface area contributed by atoms with Gasteiger partial charge in [0, 0.05) is 0 Å². The van der Waals surface area contributed by atoms with E-state index in [9.17, 15) is 45.0 Å². The highest BCUT2D eigenvalue weighted by molar-refractivity contribution is 5.88. The fraction of sp³-hybridized carbons (Fsp3) is 0.750. The number of hydrogen-bond acceptors (Lipinski definition) is 10. The van der Waals surface area contributed by atoms with Gasteiger partial charge in [-0.1, -0.05) is 0 Å². The SMILES string of the molecule is O=C(O)CC(O)(CC(=O)O[C@H]1[C@H](O)[C@@H](O)[C@H](O)[C@@H](O)[C@@H]1O)C(=O)O. The molecule has 0 amide bonds. The summed E-state index contributed by atoms with van der Waals surface area (Å²) in [6.07, 6.45) is -14.5. The van der Waals surface area contributed by atoms with Crippen LogP contribution < -0.4 is 0 Å². The van der Waals surface area contributed by atoms with Gasteiger partial charge in [0.1, 0.15) is 30.5 Å². The van der Waals surface area contributed by atoms with Crippen molar-refractivity contribution in [3.05, 3.63) is 0 Å². The fourth-order valence-electron chi connectivity index (χ4n) is 2.23. The Balaban J connectivity index is 2.85. The van der Waals surface area contributed by atoms with Crippen molar-refractivity contribution in [2.24, 2.45) is 0 Å². The Bertz CT molecular complexity index is 490. The minimum Gasteiger partial charge on any atom is -0.481 e. The molecule has 24 heavy (non-hydrogen) atoms. The smallest absolute Gasteiger partial charge is 0.336 e. The molecule has 0 saturated heterocycles. The van der Waals surface area contributed by atoms with Crippen LogP contribution in [0, 0.1) is 0 Å². The maximum Gasteiger partial charge on any atom is 0.336 e. The molecule has 0 aromatic heterocycles. The first-order valence-corrected chi connectivity index (χ1v) is 6.68. The van der Waals surface area contributed by atoms with Crippen LogP contribution in [-0.4, -0.2) is 101 Å². The van der Waals surface area contributed by atoms with Gasteiger partial charge < -0.3 is 45.6 Å². The number of aliphatic hydroxyl groups excluding tert-OH is 5. The van der Waals surface area contributed by atoms with Crippen LogP contribution in [0.15, 0.2) is 0 Å². The molecule has 138 valence electrons. The lowest BCUT2D eigenvalue weighted by molar-refractivity contribution is -0.235. The third-order valence-electron chi connectivity index (χ3n) is 3.62. The van der Waals surface area contributed by atoms with Crippen molar-refractivity contribution in [1.82, 2.24) is 0 Å². The molecule has 0 aromatic rings. The molecule has 0 aromatic carbocycles. The van der Waals surface area contributed by atoms with Crippen LogP contribution in [0.4, 0.5) is 0 Å². The van der Waals surface area contributed by atoms with E-state index in [4.69, 9.17) is 10.2 Å². The molecule has 0 bridgehead atoms. The maximum absolute atomic E-state index is 11.7. The van der Waals surface area contributed by atoms with Crippen LogP contribution in [0.3, 0.4) is 0 Å². The van der Waals surface area contributed by atoms with Gasteiger partial charge in [-0.15, -0.1) is 0 Å². The quantitative estimate of drug-likeness (QED) is 0.211. The number of carboxylic acid groups (broad SMARTS) is 2. The number of rotatable bonds is 6. The van der Waals surface area contributed by atoms with E-state index in [2.05, 4.69) is 4.74 Å². The average Bonchev–Trinajstić information content (AvgIpc) is 2.46. The third-order valence-corrected chi connectivity index (χ3v) is 3.62. The Morgan fingerprint density at radius 3 is 1.58 bits per heavy atom. The summed E-state index contributed by atoms with van der Waals surface area (Å²) in [6, 6.07) is 0. The summed E-state index contributed by atoms with van der Waals surface area (Å²) >= 11 is 0. The molecule has 1 unspecified atom stereocenters. The van der Waals surface area contributed by atoms with Gasteiger partial charge in [0.15, 0.2) is 11.7 Å². The fourth-order valence-corrected chi connectivity index (χ4v) is 2.23. The number of carbonyl (C=O) groups is 3. The summed E-state index contributed by atoms with van der Waals surface area (Å²) in [5, 5.41) is 74.7. The molecule has 12 heteroatoms. The Labute approximate surface area is 134 Å². The molecule has 1 aliphatic rings. The topological polar surface area (TPSA) is 222 Å². The monoisotopic (exact) mass is 354 g/mol. The number of carboxylic acids is 2. The first-order chi connectivity index (χ1) is 10.9. The largest absolute Gasteiger partial charge is 0.481 e. The first-order valence-electron chi connectivity index (χ1n) is 6.68. The Morgan fingerprint density at radius 1 is 0.792 bits per heavy atom. The van der Waals surface area contributed by atoms with Crippen molar-refractivity contribution in [3.8, 4) is 0 Å². The lowest BCUT2D eigenvalue weighted by Gasteiger charge is -2.41. The lowest BCUT2D eigenvalue weighted by atomic mass is 9.85. The lowest BCUT2D eigenvalue weighted by Crippen LogP contribution is -2.64. The summed E-state index contributed by atoms with van der Waals surface area (Å²) in [7, 11) is 0. The summed E-state index contributed by atoms with van der Waals surface area (Å²) in [5.74, 6) is -5.23. The zero-order chi connectivity index (χ0) is 18.8. The van der Waals surface area contributed by atoms with Crippen LogP contribution in [0.1, 0.15) is 12.8 Å². The van der Waals surface area contributed by atoms with Gasteiger partial charge in [0.2, 0.25) is 0 Å². The normalized spacial score (nSPS) is 35.8. The molecule has 1 saturated carbocycles. The van der Waals surface area contributed by atoms with Crippen molar-refractivity contribution in [2.75, 3.05) is 0 Å². The second kappa shape index (κ2) is 7.38. The molecular weight excluding hydrogens is 336 g/mol. The van der Waals surface area contributed by atoms with E-state index in [1.54, 1.807) is 0 Å². The van der Waals surface area contributed by atoms with Gasteiger partial charge in [-0.2, -0.15) is 0 Å². The number of aliphatic carboxylic acids is 2. The van der Waals surface area contributed by atoms with Crippen molar-refractivity contribution < 1.29 is 60.0 Å². The predicted molar refractivity (Wildman–Crippen MR) is 69.4 cm³/mol. The number of esters is 1. The summed E-state index contributed by atoms with van der Waals surface area (Å²) in [6.45, 7) is 0. The van der Waals surface area contributed by atoms with Crippen LogP contribution in [0.2, 0.25) is 0 Å². The predicted octanol–water partition coefficient (Wildman–Crippen LogP) is -4.60. The highest BCUT2D eigenvalue weighted by Crippen LogP contribution is 2.25. The van der Waals surface area contributed by atoms with E-state index < -0.39 is 73.0 Å². The van der Waals surface area contributed by atoms with Crippen molar-refractivity contribution >= 4 is 17.9 Å². The standard InChI is InChI=1S/C12H18O12/c13-3(14)1-12(23,11(21)22)2-4(15)24-10-8(19)6(17)5(16)7(18)9(10)20/h5-10,16-20,23H,1-2H2,(H,13,14)(H,21,22)/t5-,6-,7+,8+,9-,10-,12?. The van der Waals surface area contributed by atoms with E-state index in [1.165, 1.54) is 0 Å². The van der Waals surface area contributed by atoms with Gasteiger partial charge >= 0.3 is 17.9 Å². The Hall–Kier alpha value is -1.83. The second-order valence-electron chi connectivity index (χ2n) is 5.49. The van der Waals surface area contributed by atoms with E-state index in [-0.39, 0.29) is 0 Å². The molecule has 8 N–H and O–H groups in total. The van der Waals surface area contributed by atoms with Crippen LogP contribution in [0.25, 0.3) is 0 Å². The van der Waals surface area contributed by atoms with Gasteiger partial charge in [-0.25, -0.2) is 4.79 Å². The van der Waals surface area contributed by atoms with Crippen molar-refractivity contribution in [1.29, 1.82) is 0 Å². The first kappa shape index (κ1) is 20.2. The van der Waals surface area contributed by atoms with E-state index in [0.717, 1.165) is 0 Å².